The van der Waals surface area contributed by atoms with Gasteiger partial charge in [-0.3, -0.25) is 0 Å². The van der Waals surface area contributed by atoms with Crippen molar-refractivity contribution < 1.29 is 14.3 Å². The first-order valence-electron chi connectivity index (χ1n) is 6.23. The van der Waals surface area contributed by atoms with Crippen LogP contribution < -0.4 is 9.47 Å². The molecule has 122 valence electrons. The molecule has 0 atom stereocenters. The van der Waals surface area contributed by atoms with E-state index in [0.29, 0.717) is 5.75 Å². The van der Waals surface area contributed by atoms with Crippen LogP contribution in [0.25, 0.3) is 0 Å². The molecule has 0 bridgehead atoms. The van der Waals surface area contributed by atoms with E-state index in [9.17, 15) is 4.79 Å². The van der Waals surface area contributed by atoms with Crippen LogP contribution in [-0.2, 0) is 4.79 Å². The van der Waals surface area contributed by atoms with Crippen molar-refractivity contribution in [2.75, 3.05) is 6.61 Å². The van der Waals surface area contributed by atoms with E-state index in [-0.39, 0.29) is 30.9 Å². The molecular weight excluding hydrogens is 405 g/mol. The van der Waals surface area contributed by atoms with Crippen LogP contribution in [0.2, 0.25) is 25.1 Å². The summed E-state index contributed by atoms with van der Waals surface area (Å²) in [5, 5.41) is -0.0716. The third-order valence-corrected chi connectivity index (χ3v) is 5.06. The summed E-state index contributed by atoms with van der Waals surface area (Å²) in [6, 6.07) is 7.07. The minimum absolute atomic E-state index is 0.00926. The van der Waals surface area contributed by atoms with E-state index in [4.69, 9.17) is 67.5 Å². The topological polar surface area (TPSA) is 35.5 Å². The minimum Gasteiger partial charge on any atom is -0.479 e. The molecule has 2 aromatic rings. The Bertz CT molecular complexity index is 732. The maximum absolute atomic E-state index is 11.9. The minimum atomic E-state index is -0.631. The lowest BCUT2D eigenvalue weighted by atomic mass is 10.2. The summed E-state index contributed by atoms with van der Waals surface area (Å²) in [4.78, 5) is 11.9. The molecule has 0 fully saturated rings. The average Bonchev–Trinajstić information content (AvgIpc) is 2.53. The molecule has 8 heteroatoms. The van der Waals surface area contributed by atoms with Gasteiger partial charge in [0.15, 0.2) is 12.4 Å². The first-order chi connectivity index (χ1) is 10.8. The maximum atomic E-state index is 11.9. The summed E-state index contributed by atoms with van der Waals surface area (Å²) in [7, 11) is 0. The van der Waals surface area contributed by atoms with Gasteiger partial charge in [-0.1, -0.05) is 76.2 Å². The number of rotatable bonds is 4. The Balaban J connectivity index is 2.13. The SMILES string of the molecule is Cc1ccccc1OC(=O)COc1c(Cl)c(Cl)c(Cl)c(Cl)c1Cl. The lowest BCUT2D eigenvalue weighted by Crippen LogP contribution is -2.18. The number of benzene rings is 2. The number of carbonyl (C=O) groups excluding carboxylic acids is 1. The molecule has 0 unspecified atom stereocenters. The second-order valence-corrected chi connectivity index (χ2v) is 6.32. The van der Waals surface area contributed by atoms with Crippen LogP contribution in [0, 0.1) is 6.92 Å². The Morgan fingerprint density at radius 3 is 2.00 bits per heavy atom. The molecule has 0 aromatic heterocycles. The Morgan fingerprint density at radius 1 is 0.913 bits per heavy atom. The molecule has 0 N–H and O–H groups in total. The molecular formula is C15H9Cl5O3. The number of halogens is 5. The van der Waals surface area contributed by atoms with Crippen LogP contribution in [0.3, 0.4) is 0 Å². The molecule has 0 aliphatic rings. The van der Waals surface area contributed by atoms with Gasteiger partial charge in [-0.2, -0.15) is 0 Å². The van der Waals surface area contributed by atoms with E-state index in [2.05, 4.69) is 0 Å². The zero-order valence-electron chi connectivity index (χ0n) is 11.6. The van der Waals surface area contributed by atoms with Gasteiger partial charge in [0, 0.05) is 0 Å². The van der Waals surface area contributed by atoms with E-state index >= 15 is 0 Å². The van der Waals surface area contributed by atoms with Gasteiger partial charge < -0.3 is 9.47 Å². The van der Waals surface area contributed by atoms with Crippen molar-refractivity contribution in [3.05, 3.63) is 54.9 Å². The van der Waals surface area contributed by atoms with Crippen LogP contribution in [0.4, 0.5) is 0 Å². The van der Waals surface area contributed by atoms with Gasteiger partial charge in [-0.05, 0) is 18.6 Å². The molecule has 0 saturated carbocycles. The van der Waals surface area contributed by atoms with Gasteiger partial charge in [0.2, 0.25) is 0 Å². The van der Waals surface area contributed by atoms with E-state index in [1.807, 2.05) is 19.1 Å². The second-order valence-electron chi connectivity index (χ2n) is 4.43. The summed E-state index contributed by atoms with van der Waals surface area (Å²) in [6.07, 6.45) is 0. The monoisotopic (exact) mass is 412 g/mol. The Labute approximate surface area is 157 Å². The molecule has 2 aromatic carbocycles. The molecule has 3 nitrogen and oxygen atoms in total. The van der Waals surface area contributed by atoms with Gasteiger partial charge >= 0.3 is 5.97 Å². The van der Waals surface area contributed by atoms with Gasteiger partial charge in [0.05, 0.1) is 15.1 Å². The van der Waals surface area contributed by atoms with E-state index < -0.39 is 12.6 Å². The quantitative estimate of drug-likeness (QED) is 0.257. The molecule has 2 rings (SSSR count). The highest BCUT2D eigenvalue weighted by Gasteiger charge is 2.21. The van der Waals surface area contributed by atoms with Gasteiger partial charge in [0.1, 0.15) is 15.8 Å². The number of hydrogen-bond acceptors (Lipinski definition) is 3. The summed E-state index contributed by atoms with van der Waals surface area (Å²) in [5.41, 5.74) is 0.814. The number of aryl methyl sites for hydroxylation is 1. The third-order valence-electron chi connectivity index (χ3n) is 2.82. The summed E-state index contributed by atoms with van der Waals surface area (Å²) in [5.74, 6) is -0.228. The smallest absolute Gasteiger partial charge is 0.349 e. The highest BCUT2D eigenvalue weighted by molar-refractivity contribution is 6.55. The molecule has 0 spiro atoms. The summed E-state index contributed by atoms with van der Waals surface area (Å²) in [6.45, 7) is 1.39. The molecule has 0 radical (unpaired) electrons. The Morgan fingerprint density at radius 2 is 1.43 bits per heavy atom. The van der Waals surface area contributed by atoms with Crippen LogP contribution in [0.15, 0.2) is 24.3 Å². The zero-order chi connectivity index (χ0) is 17.1. The van der Waals surface area contributed by atoms with Crippen molar-refractivity contribution in [1.82, 2.24) is 0 Å². The van der Waals surface area contributed by atoms with Gasteiger partial charge in [0.25, 0.3) is 0 Å². The third kappa shape index (κ3) is 4.17. The van der Waals surface area contributed by atoms with Crippen molar-refractivity contribution in [2.45, 2.75) is 6.92 Å². The van der Waals surface area contributed by atoms with Crippen LogP contribution in [0.5, 0.6) is 11.5 Å². The summed E-state index contributed by atoms with van der Waals surface area (Å²) < 4.78 is 10.5. The maximum Gasteiger partial charge on any atom is 0.349 e. The Hall–Kier alpha value is -0.840. The normalized spacial score (nSPS) is 10.5. The number of esters is 1. The first-order valence-corrected chi connectivity index (χ1v) is 8.12. The van der Waals surface area contributed by atoms with Gasteiger partial charge in [-0.25, -0.2) is 4.79 Å². The van der Waals surface area contributed by atoms with Crippen LogP contribution >= 0.6 is 58.0 Å². The van der Waals surface area contributed by atoms with Crippen molar-refractivity contribution in [1.29, 1.82) is 0 Å². The highest BCUT2D eigenvalue weighted by Crippen LogP contribution is 2.48. The standard InChI is InChI=1S/C15H9Cl5O3/c1-7-4-2-3-5-8(7)23-9(21)6-22-15-13(19)11(17)10(16)12(18)14(15)20/h2-5H,6H2,1H3. The van der Waals surface area contributed by atoms with E-state index in [1.54, 1.807) is 12.1 Å². The van der Waals surface area contributed by atoms with Gasteiger partial charge in [-0.15, -0.1) is 0 Å². The largest absolute Gasteiger partial charge is 0.479 e. The van der Waals surface area contributed by atoms with Crippen molar-refractivity contribution in [3.8, 4) is 11.5 Å². The molecule has 0 saturated heterocycles. The summed E-state index contributed by atoms with van der Waals surface area (Å²) >= 11 is 29.7. The van der Waals surface area contributed by atoms with Crippen molar-refractivity contribution in [2.24, 2.45) is 0 Å². The van der Waals surface area contributed by atoms with E-state index in [0.717, 1.165) is 5.56 Å². The van der Waals surface area contributed by atoms with Crippen molar-refractivity contribution >= 4 is 64.0 Å². The molecule has 0 amide bonds. The van der Waals surface area contributed by atoms with Crippen molar-refractivity contribution in [3.63, 3.8) is 0 Å². The highest BCUT2D eigenvalue weighted by atomic mass is 35.5. The fourth-order valence-corrected chi connectivity index (χ4v) is 2.90. The molecule has 23 heavy (non-hydrogen) atoms. The molecule has 0 aliphatic carbocycles. The lowest BCUT2D eigenvalue weighted by Gasteiger charge is -2.13. The second kappa shape index (κ2) is 7.82. The molecule has 0 heterocycles. The first kappa shape index (κ1) is 18.5. The molecule has 0 aliphatic heterocycles. The van der Waals surface area contributed by atoms with E-state index in [1.165, 1.54) is 0 Å². The number of para-hydroxylation sites is 1. The van der Waals surface area contributed by atoms with Crippen LogP contribution in [0.1, 0.15) is 5.56 Å². The number of ether oxygens (including phenoxy) is 2. The zero-order valence-corrected chi connectivity index (χ0v) is 15.4. The van der Waals surface area contributed by atoms with Crippen LogP contribution in [-0.4, -0.2) is 12.6 Å². The fraction of sp³-hybridized carbons (Fsp3) is 0.133. The Kier molecular flexibility index (Phi) is 6.29. The average molecular weight is 414 g/mol. The predicted octanol–water partition coefficient (Wildman–Crippen LogP) is 6.25. The number of hydrogen-bond donors (Lipinski definition) is 0. The number of carbonyl (C=O) groups is 1. The lowest BCUT2D eigenvalue weighted by molar-refractivity contribution is -0.136. The predicted molar refractivity (Wildman–Crippen MR) is 93.8 cm³/mol. The fourth-order valence-electron chi connectivity index (χ4n) is 1.67.